The van der Waals surface area contributed by atoms with Crippen molar-refractivity contribution >= 4 is 23.2 Å². The molecule has 2 N–H and O–H groups in total. The smallest absolute Gasteiger partial charge is 0.475 e. The van der Waals surface area contributed by atoms with Crippen LogP contribution >= 0.6 is 11.3 Å². The predicted octanol–water partition coefficient (Wildman–Crippen LogP) is 3.30. The van der Waals surface area contributed by atoms with E-state index in [0.717, 1.165) is 45.3 Å². The number of fused-ring (bicyclic) bond motifs is 1. The van der Waals surface area contributed by atoms with E-state index in [9.17, 15) is 18.0 Å². The first-order valence-corrected chi connectivity index (χ1v) is 11.4. The number of carbonyl (C=O) groups excluding carboxylic acids is 1. The lowest BCUT2D eigenvalue weighted by molar-refractivity contribution is -0.192. The molecule has 3 heterocycles. The summed E-state index contributed by atoms with van der Waals surface area (Å²) in [5, 5.41) is 10.2. The van der Waals surface area contributed by atoms with Crippen LogP contribution < -0.4 is 5.32 Å². The predicted molar refractivity (Wildman–Crippen MR) is 110 cm³/mol. The Morgan fingerprint density at radius 2 is 1.97 bits per heavy atom. The van der Waals surface area contributed by atoms with Gasteiger partial charge in [0, 0.05) is 42.4 Å². The van der Waals surface area contributed by atoms with Crippen molar-refractivity contribution in [2.75, 3.05) is 32.8 Å². The number of rotatable bonds is 6. The molecule has 1 aromatic rings. The second kappa shape index (κ2) is 10.3. The zero-order valence-electron chi connectivity index (χ0n) is 17.5. The van der Waals surface area contributed by atoms with Gasteiger partial charge in [0.2, 0.25) is 5.91 Å². The third-order valence-electron chi connectivity index (χ3n) is 5.99. The lowest BCUT2D eigenvalue weighted by atomic mass is 9.81. The van der Waals surface area contributed by atoms with Crippen LogP contribution in [0.1, 0.15) is 29.0 Å². The van der Waals surface area contributed by atoms with Crippen molar-refractivity contribution < 1.29 is 32.6 Å². The minimum Gasteiger partial charge on any atom is -0.475 e. The summed E-state index contributed by atoms with van der Waals surface area (Å²) in [6.07, 6.45) is -1.87. The molecule has 4 rings (SSSR count). The van der Waals surface area contributed by atoms with E-state index in [0.29, 0.717) is 24.2 Å². The summed E-state index contributed by atoms with van der Waals surface area (Å²) in [4.78, 5) is 26.5. The fourth-order valence-corrected chi connectivity index (χ4v) is 5.15. The fourth-order valence-electron chi connectivity index (χ4n) is 4.21. The number of carboxylic acids is 1. The molecule has 0 bridgehead atoms. The Morgan fingerprint density at radius 3 is 2.55 bits per heavy atom. The van der Waals surface area contributed by atoms with E-state index in [-0.39, 0.29) is 5.91 Å². The van der Waals surface area contributed by atoms with E-state index in [1.54, 1.807) is 0 Å². The molecule has 1 saturated carbocycles. The van der Waals surface area contributed by atoms with Gasteiger partial charge in [0.05, 0.1) is 13.2 Å². The number of hydrogen-bond acceptors (Lipinski definition) is 5. The quantitative estimate of drug-likeness (QED) is 0.678. The molecule has 3 aliphatic rings. The molecule has 0 unspecified atom stereocenters. The molecule has 0 aromatic carbocycles. The van der Waals surface area contributed by atoms with Gasteiger partial charge in [0.15, 0.2) is 0 Å². The first kappa shape index (κ1) is 24.0. The molecular weight excluding hydrogens is 433 g/mol. The number of carbonyl (C=O) groups is 2. The third-order valence-corrected chi connectivity index (χ3v) is 6.97. The van der Waals surface area contributed by atoms with Gasteiger partial charge in [0.1, 0.15) is 0 Å². The zero-order chi connectivity index (χ0) is 22.6. The average Bonchev–Trinajstić information content (AvgIpc) is 3.29. The second-order valence-electron chi connectivity index (χ2n) is 8.68. The van der Waals surface area contributed by atoms with Gasteiger partial charge in [-0.3, -0.25) is 9.69 Å². The van der Waals surface area contributed by atoms with Gasteiger partial charge >= 0.3 is 12.1 Å². The number of ether oxygens (including phenoxy) is 1. The highest BCUT2D eigenvalue weighted by atomic mass is 32.1. The van der Waals surface area contributed by atoms with Crippen molar-refractivity contribution in [2.24, 2.45) is 23.7 Å². The lowest BCUT2D eigenvalue weighted by Crippen LogP contribution is -2.38. The number of carboxylic acid groups (broad SMARTS) is 1. The van der Waals surface area contributed by atoms with E-state index in [1.807, 2.05) is 11.3 Å². The maximum Gasteiger partial charge on any atom is 0.490 e. The molecule has 2 aliphatic heterocycles. The number of thiophene rings is 1. The number of nitrogens with zero attached hydrogens (tertiary/aromatic N) is 1. The largest absolute Gasteiger partial charge is 0.490 e. The molecule has 3 fully saturated rings. The lowest BCUT2D eigenvalue weighted by Gasteiger charge is -2.32. The summed E-state index contributed by atoms with van der Waals surface area (Å²) >= 11 is 1.90. The number of nitrogens with one attached hydrogen (secondary N) is 1. The molecule has 0 spiro atoms. The standard InChI is InChI=1S/C19H28N2O2S.C2HF3O2/c1-13-2-5-17(24-13)9-21-8-16-12-23-11-15(18(16)10-21)6-19(22)20-7-14-3-4-14;3-2(4,5)1(6)7/h2,5,14-16,18H,3-4,6-12H2,1H3,(H,20,22);(H,6,7)/t15-,16-,18+;/m1./s1. The van der Waals surface area contributed by atoms with Crippen LogP contribution in [-0.2, 0) is 20.9 Å². The molecule has 1 amide bonds. The first-order valence-electron chi connectivity index (χ1n) is 10.5. The van der Waals surface area contributed by atoms with Crippen LogP contribution in [0.2, 0.25) is 0 Å². The normalized spacial score (nSPS) is 26.0. The fraction of sp³-hybridized carbons (Fsp3) is 0.714. The number of amides is 1. The van der Waals surface area contributed by atoms with E-state index in [1.165, 1.54) is 22.6 Å². The third kappa shape index (κ3) is 7.47. The highest BCUT2D eigenvalue weighted by molar-refractivity contribution is 7.11. The van der Waals surface area contributed by atoms with E-state index < -0.39 is 12.1 Å². The molecule has 2 saturated heterocycles. The summed E-state index contributed by atoms with van der Waals surface area (Å²) in [5.41, 5.74) is 0. The Morgan fingerprint density at radius 1 is 1.26 bits per heavy atom. The molecule has 31 heavy (non-hydrogen) atoms. The van der Waals surface area contributed by atoms with Crippen LogP contribution in [0.3, 0.4) is 0 Å². The molecule has 6 nitrogen and oxygen atoms in total. The summed E-state index contributed by atoms with van der Waals surface area (Å²) in [6, 6.07) is 4.46. The van der Waals surface area contributed by atoms with Gasteiger partial charge in [-0.1, -0.05) is 0 Å². The van der Waals surface area contributed by atoms with Gasteiger partial charge < -0.3 is 15.2 Å². The topological polar surface area (TPSA) is 78.9 Å². The number of alkyl halides is 3. The van der Waals surface area contributed by atoms with E-state index >= 15 is 0 Å². The molecule has 1 aromatic heterocycles. The van der Waals surface area contributed by atoms with Crippen molar-refractivity contribution in [3.05, 3.63) is 21.9 Å². The average molecular weight is 463 g/mol. The SMILES string of the molecule is Cc1ccc(CN2C[C@@H]3COC[C@@H](CC(=O)NCC4CC4)[C@@H]3C2)s1.O=C(O)C(F)(F)F. The Labute approximate surface area is 183 Å². The van der Waals surface area contributed by atoms with Gasteiger partial charge in [-0.25, -0.2) is 4.79 Å². The molecule has 174 valence electrons. The van der Waals surface area contributed by atoms with Crippen LogP contribution in [0, 0.1) is 30.6 Å². The number of hydrogen-bond donors (Lipinski definition) is 2. The second-order valence-corrected chi connectivity index (χ2v) is 10.1. The van der Waals surface area contributed by atoms with Crippen LogP contribution in [0.5, 0.6) is 0 Å². The van der Waals surface area contributed by atoms with Gasteiger partial charge in [0.25, 0.3) is 0 Å². The maximum atomic E-state index is 12.2. The highest BCUT2D eigenvalue weighted by Gasteiger charge is 2.41. The number of halogens is 3. The monoisotopic (exact) mass is 462 g/mol. The van der Waals surface area contributed by atoms with E-state index in [4.69, 9.17) is 14.6 Å². The summed E-state index contributed by atoms with van der Waals surface area (Å²) in [7, 11) is 0. The molecule has 10 heteroatoms. The highest BCUT2D eigenvalue weighted by Crippen LogP contribution is 2.37. The maximum absolute atomic E-state index is 12.2. The van der Waals surface area contributed by atoms with Crippen LogP contribution in [0.15, 0.2) is 12.1 Å². The Bertz CT molecular complexity index is 766. The summed E-state index contributed by atoms with van der Waals surface area (Å²) in [5.74, 6) is -0.179. The van der Waals surface area contributed by atoms with Crippen LogP contribution in [0.25, 0.3) is 0 Å². The molecule has 0 radical (unpaired) electrons. The van der Waals surface area contributed by atoms with Crippen molar-refractivity contribution in [3.63, 3.8) is 0 Å². The molecule has 3 atom stereocenters. The van der Waals surface area contributed by atoms with Gasteiger partial charge in [-0.2, -0.15) is 13.2 Å². The Balaban J connectivity index is 0.000000339. The first-order chi connectivity index (χ1) is 14.6. The Kier molecular flexibility index (Phi) is 7.98. The van der Waals surface area contributed by atoms with Crippen molar-refractivity contribution in [1.29, 1.82) is 0 Å². The minimum atomic E-state index is -5.08. The Hall–Kier alpha value is -1.65. The number of aliphatic carboxylic acids is 1. The minimum absolute atomic E-state index is 0.225. The van der Waals surface area contributed by atoms with Gasteiger partial charge in [-0.05, 0) is 55.6 Å². The summed E-state index contributed by atoms with van der Waals surface area (Å²) < 4.78 is 37.6. The van der Waals surface area contributed by atoms with Gasteiger partial charge in [-0.15, -0.1) is 11.3 Å². The number of likely N-dealkylation sites (tertiary alicyclic amines) is 1. The number of aryl methyl sites for hydroxylation is 1. The van der Waals surface area contributed by atoms with E-state index in [2.05, 4.69) is 29.3 Å². The van der Waals surface area contributed by atoms with Crippen LogP contribution in [0.4, 0.5) is 13.2 Å². The molecule has 1 aliphatic carbocycles. The van der Waals surface area contributed by atoms with Crippen LogP contribution in [-0.4, -0.2) is 60.9 Å². The van der Waals surface area contributed by atoms with Crippen molar-refractivity contribution in [1.82, 2.24) is 10.2 Å². The van der Waals surface area contributed by atoms with Crippen molar-refractivity contribution in [3.8, 4) is 0 Å². The molecular formula is C21H29F3N2O4S. The summed E-state index contributed by atoms with van der Waals surface area (Å²) in [6.45, 7) is 7.95. The van der Waals surface area contributed by atoms with Crippen molar-refractivity contribution in [2.45, 2.75) is 38.9 Å². The zero-order valence-corrected chi connectivity index (χ0v) is 18.3.